The summed E-state index contributed by atoms with van der Waals surface area (Å²) in [4.78, 5) is 0. The Morgan fingerprint density at radius 1 is 1.45 bits per heavy atom. The number of fused-ring (bicyclic) bond motifs is 1. The lowest BCUT2D eigenvalue weighted by atomic mass is 9.95. The van der Waals surface area contributed by atoms with Gasteiger partial charge in [0.05, 0.1) is 11.4 Å². The first kappa shape index (κ1) is 15.8. The summed E-state index contributed by atoms with van der Waals surface area (Å²) in [5.74, 6) is 0.868. The van der Waals surface area contributed by atoms with E-state index < -0.39 is 20.6 Å². The van der Waals surface area contributed by atoms with E-state index in [0.717, 1.165) is 27.8 Å². The van der Waals surface area contributed by atoms with Crippen molar-refractivity contribution in [1.82, 2.24) is 0 Å². The monoisotopic (exact) mass is 361 g/mol. The fraction of sp³-hybridized carbons (Fsp3) is 0.571. The molecule has 1 aliphatic rings. The third kappa shape index (κ3) is 2.87. The largest absolute Gasteiger partial charge is 0.493 e. The minimum atomic E-state index is -3.22. The fourth-order valence-corrected chi connectivity index (χ4v) is 3.44. The SMILES string of the molecule is CC(C)(C(N)Cc1cc(Br)cc2c1OCC2)S(C)(=O)=O. The zero-order chi connectivity index (χ0) is 15.1. The van der Waals surface area contributed by atoms with E-state index in [4.69, 9.17) is 10.5 Å². The molecule has 1 aromatic carbocycles. The molecule has 0 spiro atoms. The molecule has 1 atom stereocenters. The van der Waals surface area contributed by atoms with E-state index in [9.17, 15) is 8.42 Å². The summed E-state index contributed by atoms with van der Waals surface area (Å²) in [6, 6.07) is 3.52. The minimum Gasteiger partial charge on any atom is -0.493 e. The van der Waals surface area contributed by atoms with Crippen LogP contribution in [0.1, 0.15) is 25.0 Å². The summed E-state index contributed by atoms with van der Waals surface area (Å²) in [6.45, 7) is 4.02. The van der Waals surface area contributed by atoms with Gasteiger partial charge in [0.2, 0.25) is 0 Å². The van der Waals surface area contributed by atoms with E-state index >= 15 is 0 Å². The van der Waals surface area contributed by atoms with Crippen molar-refractivity contribution >= 4 is 25.8 Å². The summed E-state index contributed by atoms with van der Waals surface area (Å²) >= 11 is 3.48. The van der Waals surface area contributed by atoms with Gasteiger partial charge in [-0.1, -0.05) is 15.9 Å². The number of sulfone groups is 1. The molecule has 1 heterocycles. The molecule has 20 heavy (non-hydrogen) atoms. The number of benzene rings is 1. The number of halogens is 1. The zero-order valence-electron chi connectivity index (χ0n) is 11.9. The lowest BCUT2D eigenvalue weighted by Crippen LogP contribution is -2.50. The standard InChI is InChI=1S/C14H20BrNO3S/c1-14(2,20(3,17)18)12(16)8-10-7-11(15)6-9-4-5-19-13(9)10/h6-7,12H,4-5,8,16H2,1-3H3. The van der Waals surface area contributed by atoms with Gasteiger partial charge in [-0.3, -0.25) is 0 Å². The average molecular weight is 362 g/mol. The van der Waals surface area contributed by atoms with Crippen molar-refractivity contribution in [2.75, 3.05) is 12.9 Å². The van der Waals surface area contributed by atoms with Crippen molar-refractivity contribution in [3.05, 3.63) is 27.7 Å². The van der Waals surface area contributed by atoms with Gasteiger partial charge in [-0.15, -0.1) is 0 Å². The molecule has 0 aromatic heterocycles. The molecular formula is C14H20BrNO3S. The summed E-state index contributed by atoms with van der Waals surface area (Å²) in [5, 5.41) is 0. The van der Waals surface area contributed by atoms with Gasteiger partial charge >= 0.3 is 0 Å². The summed E-state index contributed by atoms with van der Waals surface area (Å²) in [7, 11) is -3.22. The number of hydrogen-bond donors (Lipinski definition) is 1. The summed E-state index contributed by atoms with van der Waals surface area (Å²) in [6.07, 6.45) is 2.59. The molecule has 6 heteroatoms. The van der Waals surface area contributed by atoms with E-state index in [1.54, 1.807) is 13.8 Å². The molecule has 0 fully saturated rings. The molecule has 1 aliphatic heterocycles. The molecule has 2 rings (SSSR count). The summed E-state index contributed by atoms with van der Waals surface area (Å²) in [5.41, 5.74) is 8.28. The molecule has 1 unspecified atom stereocenters. The van der Waals surface area contributed by atoms with E-state index in [1.807, 2.05) is 12.1 Å². The molecule has 0 aliphatic carbocycles. The van der Waals surface area contributed by atoms with Crippen molar-refractivity contribution in [2.45, 2.75) is 37.5 Å². The highest BCUT2D eigenvalue weighted by atomic mass is 79.9. The van der Waals surface area contributed by atoms with Crippen LogP contribution >= 0.6 is 15.9 Å². The third-order valence-corrected chi connectivity index (χ3v) is 6.79. The third-order valence-electron chi connectivity index (χ3n) is 4.11. The quantitative estimate of drug-likeness (QED) is 0.891. The number of ether oxygens (including phenoxy) is 1. The van der Waals surface area contributed by atoms with E-state index in [1.165, 1.54) is 6.26 Å². The lowest BCUT2D eigenvalue weighted by Gasteiger charge is -2.30. The van der Waals surface area contributed by atoms with Gasteiger partial charge in [-0.05, 0) is 43.5 Å². The Morgan fingerprint density at radius 2 is 2.10 bits per heavy atom. The van der Waals surface area contributed by atoms with Crippen LogP contribution in [0.15, 0.2) is 16.6 Å². The molecular weight excluding hydrogens is 342 g/mol. The van der Waals surface area contributed by atoms with Crippen LogP contribution in [0, 0.1) is 0 Å². The van der Waals surface area contributed by atoms with E-state index in [-0.39, 0.29) is 0 Å². The van der Waals surface area contributed by atoms with Crippen LogP contribution in [0.4, 0.5) is 0 Å². The first-order valence-corrected chi connectivity index (χ1v) is 9.20. The van der Waals surface area contributed by atoms with Gasteiger partial charge in [0, 0.05) is 23.2 Å². The highest BCUT2D eigenvalue weighted by molar-refractivity contribution is 9.10. The van der Waals surface area contributed by atoms with Gasteiger partial charge in [0.1, 0.15) is 5.75 Å². The number of rotatable bonds is 4. The maximum absolute atomic E-state index is 11.9. The molecule has 1 aromatic rings. The average Bonchev–Trinajstić information content (AvgIpc) is 2.75. The smallest absolute Gasteiger partial charge is 0.154 e. The fourth-order valence-electron chi connectivity index (χ4n) is 2.26. The van der Waals surface area contributed by atoms with Gasteiger partial charge in [0.25, 0.3) is 0 Å². The molecule has 0 radical (unpaired) electrons. The molecule has 4 nitrogen and oxygen atoms in total. The highest BCUT2D eigenvalue weighted by Crippen LogP contribution is 2.35. The van der Waals surface area contributed by atoms with Crippen LogP contribution in [0.5, 0.6) is 5.75 Å². The minimum absolute atomic E-state index is 0.474. The van der Waals surface area contributed by atoms with Crippen LogP contribution < -0.4 is 10.5 Å². The first-order chi connectivity index (χ1) is 9.13. The topological polar surface area (TPSA) is 69.4 Å². The predicted molar refractivity (Wildman–Crippen MR) is 83.9 cm³/mol. The van der Waals surface area contributed by atoms with E-state index in [0.29, 0.717) is 13.0 Å². The second-order valence-electron chi connectivity index (χ2n) is 5.84. The van der Waals surface area contributed by atoms with Crippen LogP contribution in [-0.4, -0.2) is 32.1 Å². The molecule has 0 saturated carbocycles. The second-order valence-corrected chi connectivity index (χ2v) is 9.35. The van der Waals surface area contributed by atoms with Crippen molar-refractivity contribution in [3.8, 4) is 5.75 Å². The van der Waals surface area contributed by atoms with Crippen molar-refractivity contribution in [3.63, 3.8) is 0 Å². The Bertz CT molecular complexity index is 626. The Kier molecular flexibility index (Phi) is 4.19. The van der Waals surface area contributed by atoms with Crippen molar-refractivity contribution in [1.29, 1.82) is 0 Å². The van der Waals surface area contributed by atoms with Crippen molar-refractivity contribution < 1.29 is 13.2 Å². The van der Waals surface area contributed by atoms with Gasteiger partial charge in [0.15, 0.2) is 9.84 Å². The van der Waals surface area contributed by atoms with E-state index in [2.05, 4.69) is 15.9 Å². The molecule has 112 valence electrons. The van der Waals surface area contributed by atoms with Gasteiger partial charge in [-0.2, -0.15) is 0 Å². The van der Waals surface area contributed by atoms with Crippen LogP contribution in [0.3, 0.4) is 0 Å². The van der Waals surface area contributed by atoms with Gasteiger partial charge in [-0.25, -0.2) is 8.42 Å². The Morgan fingerprint density at radius 3 is 2.70 bits per heavy atom. The maximum Gasteiger partial charge on any atom is 0.154 e. The maximum atomic E-state index is 11.9. The number of hydrogen-bond acceptors (Lipinski definition) is 4. The Labute approximate surface area is 128 Å². The first-order valence-electron chi connectivity index (χ1n) is 6.52. The molecule has 0 amide bonds. The van der Waals surface area contributed by atoms with Crippen LogP contribution in [-0.2, 0) is 22.7 Å². The molecule has 0 saturated heterocycles. The number of nitrogens with two attached hydrogens (primary N) is 1. The zero-order valence-corrected chi connectivity index (χ0v) is 14.3. The normalized spacial score (nSPS) is 16.6. The second kappa shape index (κ2) is 5.31. The molecule has 2 N–H and O–H groups in total. The van der Waals surface area contributed by atoms with Crippen molar-refractivity contribution in [2.24, 2.45) is 5.73 Å². The predicted octanol–water partition coefficient (Wildman–Crippen LogP) is 2.08. The molecule has 0 bridgehead atoms. The summed E-state index contributed by atoms with van der Waals surface area (Å²) < 4.78 is 29.4. The van der Waals surface area contributed by atoms with Crippen LogP contribution in [0.25, 0.3) is 0 Å². The van der Waals surface area contributed by atoms with Crippen LogP contribution in [0.2, 0.25) is 0 Å². The Hall–Kier alpha value is -0.590. The Balaban J connectivity index is 2.32. The van der Waals surface area contributed by atoms with Gasteiger partial charge < -0.3 is 10.5 Å². The lowest BCUT2D eigenvalue weighted by molar-refractivity contribution is 0.351. The highest BCUT2D eigenvalue weighted by Gasteiger charge is 2.37.